The van der Waals surface area contributed by atoms with E-state index in [9.17, 15) is 9.90 Å². The lowest BCUT2D eigenvalue weighted by molar-refractivity contribution is -0.117. The van der Waals surface area contributed by atoms with E-state index in [1.165, 1.54) is 0 Å². The number of benzene rings is 1. The Labute approximate surface area is 128 Å². The van der Waals surface area contributed by atoms with Crippen LogP contribution in [0.2, 0.25) is 0 Å². The molecule has 0 saturated heterocycles. The summed E-state index contributed by atoms with van der Waals surface area (Å²) in [7, 11) is 0. The topological polar surface area (TPSA) is 73.4 Å². The van der Waals surface area contributed by atoms with Crippen LogP contribution in [-0.2, 0) is 4.79 Å². The molecule has 0 aliphatic carbocycles. The normalized spacial score (nSPS) is 17.8. The Morgan fingerprint density at radius 2 is 2.14 bits per heavy atom. The second-order valence-corrected chi connectivity index (χ2v) is 5.07. The fourth-order valence-corrected chi connectivity index (χ4v) is 2.44. The lowest BCUT2D eigenvalue weighted by Crippen LogP contribution is -2.46. The highest BCUT2D eigenvalue weighted by Gasteiger charge is 2.29. The molecule has 1 aliphatic rings. The first-order chi connectivity index (χ1) is 10.0. The molecular weight excluding hydrogens is 286 g/mol. The van der Waals surface area contributed by atoms with E-state index in [1.807, 2.05) is 6.92 Å². The molecule has 0 radical (unpaired) electrons. The minimum Gasteiger partial charge on any atom is -0.508 e. The summed E-state index contributed by atoms with van der Waals surface area (Å²) in [5, 5.41) is 18.7. The molecule has 1 atom stereocenters. The number of carbonyl (C=O) groups is 1. The minimum absolute atomic E-state index is 0.175. The number of carbonyl (C=O) groups excluding carboxylic acids is 1. The zero-order valence-electron chi connectivity index (χ0n) is 11.6. The van der Waals surface area contributed by atoms with Crippen LogP contribution in [-0.4, -0.2) is 22.7 Å². The lowest BCUT2D eigenvalue weighted by Gasteiger charge is -2.30. The first kappa shape index (κ1) is 15.1. The number of phenolic OH excluding ortho intramolecular Hbond substituents is 1. The quantitative estimate of drug-likeness (QED) is 0.501. The average molecular weight is 303 g/mol. The van der Waals surface area contributed by atoms with Gasteiger partial charge in [-0.05, 0) is 36.8 Å². The second kappa shape index (κ2) is 6.41. The Balaban J connectivity index is 2.37. The van der Waals surface area contributed by atoms with E-state index in [-0.39, 0.29) is 17.7 Å². The fourth-order valence-electron chi connectivity index (χ4n) is 2.17. The third-order valence-electron chi connectivity index (χ3n) is 3.15. The van der Waals surface area contributed by atoms with Gasteiger partial charge >= 0.3 is 0 Å². The van der Waals surface area contributed by atoms with E-state index in [0.717, 1.165) is 5.56 Å². The molecule has 1 aromatic carbocycles. The molecule has 0 saturated carbocycles. The molecule has 1 amide bonds. The molecule has 0 aromatic heterocycles. The van der Waals surface area contributed by atoms with Crippen molar-refractivity contribution in [3.05, 3.63) is 53.8 Å². The van der Waals surface area contributed by atoms with Gasteiger partial charge in [-0.2, -0.15) is 0 Å². The third-order valence-corrected chi connectivity index (χ3v) is 3.37. The first-order valence-electron chi connectivity index (χ1n) is 6.49. The van der Waals surface area contributed by atoms with Crippen LogP contribution in [0.25, 0.3) is 0 Å². The monoisotopic (exact) mass is 303 g/mol. The summed E-state index contributed by atoms with van der Waals surface area (Å²) in [5.74, 6) is -0.0124. The maximum Gasteiger partial charge on any atom is 0.251 e. The summed E-state index contributed by atoms with van der Waals surface area (Å²) in [5.41, 5.74) is 2.12. The third kappa shape index (κ3) is 3.41. The molecule has 0 bridgehead atoms. The summed E-state index contributed by atoms with van der Waals surface area (Å²) < 4.78 is 0. The van der Waals surface area contributed by atoms with Crippen LogP contribution >= 0.6 is 12.2 Å². The Kier molecular flexibility index (Phi) is 4.59. The summed E-state index contributed by atoms with van der Waals surface area (Å²) in [6, 6.07) is 6.32. The molecule has 110 valence electrons. The molecule has 0 fully saturated rings. The number of allylic oxidation sites excluding steroid dienone is 1. The average Bonchev–Trinajstić information content (AvgIpc) is 2.44. The van der Waals surface area contributed by atoms with Crippen molar-refractivity contribution in [2.24, 2.45) is 0 Å². The number of nitrogens with one attached hydrogen (secondary N) is 3. The molecule has 1 aromatic rings. The predicted octanol–water partition coefficient (Wildman–Crippen LogP) is 1.49. The van der Waals surface area contributed by atoms with Gasteiger partial charge < -0.3 is 21.1 Å². The van der Waals surface area contributed by atoms with Crippen molar-refractivity contribution in [1.82, 2.24) is 16.0 Å². The molecule has 2 rings (SSSR count). The molecule has 1 aliphatic heterocycles. The Morgan fingerprint density at radius 3 is 2.76 bits per heavy atom. The Morgan fingerprint density at radius 1 is 1.48 bits per heavy atom. The number of phenols is 1. The second-order valence-electron chi connectivity index (χ2n) is 4.66. The van der Waals surface area contributed by atoms with Gasteiger partial charge in [0.1, 0.15) is 5.75 Å². The molecule has 5 nitrogen and oxygen atoms in total. The van der Waals surface area contributed by atoms with Gasteiger partial charge in [-0.25, -0.2) is 0 Å². The van der Waals surface area contributed by atoms with Crippen molar-refractivity contribution in [1.29, 1.82) is 0 Å². The van der Waals surface area contributed by atoms with Crippen molar-refractivity contribution in [2.75, 3.05) is 6.54 Å². The highest BCUT2D eigenvalue weighted by atomic mass is 32.1. The van der Waals surface area contributed by atoms with Crippen LogP contribution in [0.1, 0.15) is 18.5 Å². The van der Waals surface area contributed by atoms with Crippen molar-refractivity contribution in [3.8, 4) is 5.75 Å². The summed E-state index contributed by atoms with van der Waals surface area (Å²) in [4.78, 5) is 12.3. The van der Waals surface area contributed by atoms with Crippen LogP contribution in [0, 0.1) is 0 Å². The zero-order chi connectivity index (χ0) is 15.4. The number of aromatic hydroxyl groups is 1. The summed E-state index contributed by atoms with van der Waals surface area (Å²) in [6.07, 6.45) is 1.62. The van der Waals surface area contributed by atoms with Gasteiger partial charge in [0.15, 0.2) is 5.11 Å². The maximum absolute atomic E-state index is 12.3. The standard InChI is InChI=1S/C15H17N3O2S/c1-3-8-16-14(20)12-9(2)17-15(21)18-13(12)10-4-6-11(19)7-5-10/h3-7,13,19H,1,8H2,2H3,(H,16,20)(H2,17,18,21). The number of rotatable bonds is 4. The van der Waals surface area contributed by atoms with E-state index in [2.05, 4.69) is 22.5 Å². The number of thiocarbonyl (C=S) groups is 1. The van der Waals surface area contributed by atoms with Gasteiger partial charge in [-0.1, -0.05) is 18.2 Å². The summed E-state index contributed by atoms with van der Waals surface area (Å²) in [6.45, 7) is 5.79. The molecule has 4 N–H and O–H groups in total. The van der Waals surface area contributed by atoms with Crippen molar-refractivity contribution in [2.45, 2.75) is 13.0 Å². The molecule has 0 spiro atoms. The van der Waals surface area contributed by atoms with Gasteiger partial charge in [-0.3, -0.25) is 4.79 Å². The van der Waals surface area contributed by atoms with Gasteiger partial charge in [0, 0.05) is 12.2 Å². The minimum atomic E-state index is -0.357. The van der Waals surface area contributed by atoms with E-state index in [4.69, 9.17) is 12.2 Å². The van der Waals surface area contributed by atoms with Crippen molar-refractivity contribution in [3.63, 3.8) is 0 Å². The fraction of sp³-hybridized carbons (Fsp3) is 0.200. The Bertz CT molecular complexity index is 608. The smallest absolute Gasteiger partial charge is 0.251 e. The van der Waals surface area contributed by atoms with Gasteiger partial charge in [0.25, 0.3) is 5.91 Å². The highest BCUT2D eigenvalue weighted by Crippen LogP contribution is 2.27. The predicted molar refractivity (Wildman–Crippen MR) is 85.6 cm³/mol. The largest absolute Gasteiger partial charge is 0.508 e. The van der Waals surface area contributed by atoms with Gasteiger partial charge in [0.2, 0.25) is 0 Å². The number of hydrogen-bond acceptors (Lipinski definition) is 3. The first-order valence-corrected chi connectivity index (χ1v) is 6.90. The van der Waals surface area contributed by atoms with Crippen LogP contribution < -0.4 is 16.0 Å². The van der Waals surface area contributed by atoms with Crippen LogP contribution in [0.15, 0.2) is 48.2 Å². The SMILES string of the molecule is C=CCNC(=O)C1=C(C)NC(=S)NC1c1ccc(O)cc1. The van der Waals surface area contributed by atoms with Crippen LogP contribution in [0.5, 0.6) is 5.75 Å². The van der Waals surface area contributed by atoms with Gasteiger partial charge in [0.05, 0.1) is 11.6 Å². The molecule has 21 heavy (non-hydrogen) atoms. The van der Waals surface area contributed by atoms with Gasteiger partial charge in [-0.15, -0.1) is 6.58 Å². The van der Waals surface area contributed by atoms with Crippen LogP contribution in [0.4, 0.5) is 0 Å². The summed E-state index contributed by atoms with van der Waals surface area (Å²) >= 11 is 5.16. The van der Waals surface area contributed by atoms with Crippen LogP contribution in [0.3, 0.4) is 0 Å². The highest BCUT2D eigenvalue weighted by molar-refractivity contribution is 7.80. The van der Waals surface area contributed by atoms with E-state index < -0.39 is 0 Å². The van der Waals surface area contributed by atoms with E-state index in [0.29, 0.717) is 22.9 Å². The van der Waals surface area contributed by atoms with Crippen molar-refractivity contribution < 1.29 is 9.90 Å². The van der Waals surface area contributed by atoms with E-state index >= 15 is 0 Å². The van der Waals surface area contributed by atoms with E-state index in [1.54, 1.807) is 30.3 Å². The molecular formula is C15H17N3O2S. The van der Waals surface area contributed by atoms with Crippen molar-refractivity contribution >= 4 is 23.2 Å². The lowest BCUT2D eigenvalue weighted by atomic mass is 9.95. The molecule has 1 heterocycles. The number of amides is 1. The molecule has 6 heteroatoms. The zero-order valence-corrected chi connectivity index (χ0v) is 12.5. The molecule has 1 unspecified atom stereocenters. The Hall–Kier alpha value is -2.34. The number of hydrogen-bond donors (Lipinski definition) is 4. The maximum atomic E-state index is 12.3.